The second kappa shape index (κ2) is 5.35. The summed E-state index contributed by atoms with van der Waals surface area (Å²) in [5.74, 6) is 1.30. The number of benzene rings is 1. The minimum absolute atomic E-state index is 0.638. The van der Waals surface area contributed by atoms with Crippen LogP contribution in [-0.2, 0) is 6.42 Å². The van der Waals surface area contributed by atoms with Crippen molar-refractivity contribution in [3.8, 4) is 0 Å². The topological polar surface area (TPSA) is 77.0 Å². The van der Waals surface area contributed by atoms with Crippen molar-refractivity contribution in [3.63, 3.8) is 0 Å². The molecular weight excluding hydrogens is 331 g/mol. The maximum absolute atomic E-state index is 5.89. The number of nitrogens with two attached hydrogens (primary N) is 1. The zero-order valence-electron chi connectivity index (χ0n) is 9.40. The number of halogens is 1. The highest BCUT2D eigenvalue weighted by Crippen LogP contribution is 2.20. The summed E-state index contributed by atoms with van der Waals surface area (Å²) in [6.45, 7) is 2.52. The molecule has 0 saturated carbocycles. The van der Waals surface area contributed by atoms with E-state index in [1.165, 1.54) is 0 Å². The summed E-state index contributed by atoms with van der Waals surface area (Å²) in [5, 5.41) is 6.97. The lowest BCUT2D eigenvalue weighted by Crippen LogP contribution is -2.07. The number of rotatable bonds is 4. The van der Waals surface area contributed by atoms with Crippen molar-refractivity contribution in [2.24, 2.45) is 0 Å². The van der Waals surface area contributed by atoms with Crippen LogP contribution in [0.1, 0.15) is 11.7 Å². The molecule has 0 saturated heterocycles. The number of nitrogens with zero attached hydrogens (tertiary/aromatic N) is 2. The van der Waals surface area contributed by atoms with Gasteiger partial charge in [-0.3, -0.25) is 0 Å². The molecule has 6 heteroatoms. The van der Waals surface area contributed by atoms with Crippen LogP contribution in [0.3, 0.4) is 0 Å². The fourth-order valence-electron chi connectivity index (χ4n) is 1.44. The van der Waals surface area contributed by atoms with E-state index in [0.717, 1.165) is 14.9 Å². The maximum Gasteiger partial charge on any atom is 0.228 e. The van der Waals surface area contributed by atoms with Crippen molar-refractivity contribution in [2.45, 2.75) is 13.3 Å². The van der Waals surface area contributed by atoms with E-state index >= 15 is 0 Å². The summed E-state index contributed by atoms with van der Waals surface area (Å²) < 4.78 is 6.14. The molecular formula is C11H13IN4O. The lowest BCUT2D eigenvalue weighted by Gasteiger charge is -2.08. The zero-order chi connectivity index (χ0) is 12.3. The van der Waals surface area contributed by atoms with Crippen LogP contribution < -0.4 is 11.1 Å². The summed E-state index contributed by atoms with van der Waals surface area (Å²) in [6.07, 6.45) is 0.687. The SMILES string of the molecule is Cc1noc(CCNc2ccc(I)cc2N)n1. The van der Waals surface area contributed by atoms with Gasteiger partial charge in [-0.25, -0.2) is 0 Å². The Labute approximate surface area is 113 Å². The van der Waals surface area contributed by atoms with Gasteiger partial charge in [-0.2, -0.15) is 4.98 Å². The molecule has 1 aromatic heterocycles. The molecule has 0 aliphatic heterocycles. The van der Waals surface area contributed by atoms with Crippen LogP contribution in [0.15, 0.2) is 22.7 Å². The van der Waals surface area contributed by atoms with Crippen molar-refractivity contribution in [2.75, 3.05) is 17.6 Å². The summed E-state index contributed by atoms with van der Waals surface area (Å²) in [6, 6.07) is 5.91. The Morgan fingerprint density at radius 3 is 2.94 bits per heavy atom. The molecule has 0 fully saturated rings. The van der Waals surface area contributed by atoms with Crippen LogP contribution in [0.5, 0.6) is 0 Å². The predicted octanol–water partition coefficient (Wildman–Crippen LogP) is 2.22. The number of nitrogens with one attached hydrogen (secondary N) is 1. The number of aryl methyl sites for hydroxylation is 1. The molecule has 2 rings (SSSR count). The third-order valence-corrected chi connectivity index (χ3v) is 2.91. The van der Waals surface area contributed by atoms with E-state index in [-0.39, 0.29) is 0 Å². The molecule has 0 bridgehead atoms. The Bertz CT molecular complexity index is 512. The van der Waals surface area contributed by atoms with Crippen molar-refractivity contribution in [3.05, 3.63) is 33.5 Å². The number of hydrogen-bond acceptors (Lipinski definition) is 5. The minimum Gasteiger partial charge on any atom is -0.397 e. The van der Waals surface area contributed by atoms with E-state index in [4.69, 9.17) is 10.3 Å². The van der Waals surface area contributed by atoms with E-state index in [1.54, 1.807) is 6.92 Å². The van der Waals surface area contributed by atoms with Gasteiger partial charge in [0.05, 0.1) is 11.4 Å². The fourth-order valence-corrected chi connectivity index (χ4v) is 1.96. The monoisotopic (exact) mass is 344 g/mol. The van der Waals surface area contributed by atoms with Gasteiger partial charge in [-0.05, 0) is 47.7 Å². The van der Waals surface area contributed by atoms with Gasteiger partial charge in [0.25, 0.3) is 0 Å². The number of hydrogen-bond donors (Lipinski definition) is 2. The molecule has 0 atom stereocenters. The lowest BCUT2D eigenvalue weighted by molar-refractivity contribution is 0.377. The fraction of sp³-hybridized carbons (Fsp3) is 0.273. The normalized spacial score (nSPS) is 10.5. The van der Waals surface area contributed by atoms with Gasteiger partial charge >= 0.3 is 0 Å². The van der Waals surface area contributed by atoms with Gasteiger partial charge < -0.3 is 15.6 Å². The van der Waals surface area contributed by atoms with Gasteiger partial charge in [0, 0.05) is 16.5 Å². The Kier molecular flexibility index (Phi) is 3.82. The molecule has 0 radical (unpaired) electrons. The van der Waals surface area contributed by atoms with Crippen molar-refractivity contribution >= 4 is 34.0 Å². The molecule has 0 spiro atoms. The first-order chi connectivity index (χ1) is 8.15. The molecule has 90 valence electrons. The average Bonchev–Trinajstić information content (AvgIpc) is 2.68. The molecule has 2 aromatic rings. The molecule has 0 aliphatic carbocycles. The Morgan fingerprint density at radius 1 is 1.47 bits per heavy atom. The largest absolute Gasteiger partial charge is 0.397 e. The summed E-state index contributed by atoms with van der Waals surface area (Å²) in [4.78, 5) is 4.13. The van der Waals surface area contributed by atoms with Gasteiger partial charge in [0.2, 0.25) is 5.89 Å². The van der Waals surface area contributed by atoms with Gasteiger partial charge in [0.1, 0.15) is 0 Å². The van der Waals surface area contributed by atoms with E-state index in [1.807, 2.05) is 18.2 Å². The summed E-state index contributed by atoms with van der Waals surface area (Å²) in [5.41, 5.74) is 7.57. The van der Waals surface area contributed by atoms with Crippen LogP contribution in [-0.4, -0.2) is 16.7 Å². The lowest BCUT2D eigenvalue weighted by atomic mass is 10.2. The van der Waals surface area contributed by atoms with Crippen molar-refractivity contribution in [1.82, 2.24) is 10.1 Å². The smallest absolute Gasteiger partial charge is 0.228 e. The Balaban J connectivity index is 1.90. The van der Waals surface area contributed by atoms with Crippen LogP contribution in [0.4, 0.5) is 11.4 Å². The first kappa shape index (κ1) is 12.2. The molecule has 0 amide bonds. The quantitative estimate of drug-likeness (QED) is 0.657. The molecule has 0 aliphatic rings. The minimum atomic E-state index is 0.638. The average molecular weight is 344 g/mol. The van der Waals surface area contributed by atoms with E-state index < -0.39 is 0 Å². The predicted molar refractivity (Wildman–Crippen MR) is 74.8 cm³/mol. The highest BCUT2D eigenvalue weighted by Gasteiger charge is 2.03. The highest BCUT2D eigenvalue weighted by atomic mass is 127. The Hall–Kier alpha value is -1.31. The van der Waals surface area contributed by atoms with Crippen molar-refractivity contribution in [1.29, 1.82) is 0 Å². The molecule has 17 heavy (non-hydrogen) atoms. The first-order valence-electron chi connectivity index (χ1n) is 5.23. The van der Waals surface area contributed by atoms with Crippen LogP contribution >= 0.6 is 22.6 Å². The second-order valence-corrected chi connectivity index (χ2v) is 4.89. The highest BCUT2D eigenvalue weighted by molar-refractivity contribution is 14.1. The number of nitrogen functional groups attached to an aromatic ring is 1. The Morgan fingerprint density at radius 2 is 2.29 bits per heavy atom. The third kappa shape index (κ3) is 3.32. The first-order valence-corrected chi connectivity index (χ1v) is 6.31. The zero-order valence-corrected chi connectivity index (χ0v) is 11.6. The number of anilines is 2. The van der Waals surface area contributed by atoms with E-state index in [2.05, 4.69) is 38.0 Å². The molecule has 0 unspecified atom stereocenters. The molecule has 1 aromatic carbocycles. The van der Waals surface area contributed by atoms with E-state index in [9.17, 15) is 0 Å². The van der Waals surface area contributed by atoms with Crippen LogP contribution in [0.2, 0.25) is 0 Å². The van der Waals surface area contributed by atoms with E-state index in [0.29, 0.717) is 24.7 Å². The van der Waals surface area contributed by atoms with Gasteiger partial charge in [-0.1, -0.05) is 5.16 Å². The molecule has 1 heterocycles. The van der Waals surface area contributed by atoms with Crippen LogP contribution in [0, 0.1) is 10.5 Å². The molecule has 5 nitrogen and oxygen atoms in total. The third-order valence-electron chi connectivity index (χ3n) is 2.24. The van der Waals surface area contributed by atoms with Gasteiger partial charge in [-0.15, -0.1) is 0 Å². The number of aromatic nitrogens is 2. The second-order valence-electron chi connectivity index (χ2n) is 3.64. The van der Waals surface area contributed by atoms with Crippen LogP contribution in [0.25, 0.3) is 0 Å². The summed E-state index contributed by atoms with van der Waals surface area (Å²) >= 11 is 2.23. The summed E-state index contributed by atoms with van der Waals surface area (Å²) in [7, 11) is 0. The maximum atomic E-state index is 5.89. The molecule has 3 N–H and O–H groups in total. The van der Waals surface area contributed by atoms with Gasteiger partial charge in [0.15, 0.2) is 5.82 Å². The van der Waals surface area contributed by atoms with Crippen molar-refractivity contribution < 1.29 is 4.52 Å². The standard InChI is InChI=1S/C11H13IN4O/c1-7-15-11(17-16-7)4-5-14-10-3-2-8(12)6-9(10)13/h2-3,6,14H,4-5,13H2,1H3.